The van der Waals surface area contributed by atoms with Crippen molar-refractivity contribution in [3.8, 4) is 5.75 Å². The molecule has 1 N–H and O–H groups in total. The van der Waals surface area contributed by atoms with Crippen LogP contribution in [0.4, 0.5) is 22.4 Å². The summed E-state index contributed by atoms with van der Waals surface area (Å²) in [4.78, 5) is 10.8. The van der Waals surface area contributed by atoms with E-state index >= 15 is 0 Å². The van der Waals surface area contributed by atoms with Crippen LogP contribution in [-0.2, 0) is 4.74 Å². The van der Waals surface area contributed by atoms with Crippen LogP contribution < -0.4 is 10.1 Å². The molecule has 1 aliphatic rings. The van der Waals surface area contributed by atoms with Crippen LogP contribution in [0.3, 0.4) is 0 Å². The Labute approximate surface area is 111 Å². The second-order valence-electron chi connectivity index (χ2n) is 4.44. The molecule has 1 fully saturated rings. The molecule has 2 rings (SSSR count). The molecule has 0 aliphatic carbocycles. The zero-order valence-electron chi connectivity index (χ0n) is 10.4. The van der Waals surface area contributed by atoms with E-state index in [9.17, 15) is 22.4 Å². The highest BCUT2D eigenvalue weighted by molar-refractivity contribution is 5.70. The minimum atomic E-state index is -3.16. The van der Waals surface area contributed by atoms with E-state index in [2.05, 4.69) is 14.8 Å². The smallest absolute Gasteiger partial charge is 0.407 e. The first-order chi connectivity index (χ1) is 9.28. The number of nitrogens with one attached hydrogen (secondary N) is 1. The van der Waals surface area contributed by atoms with E-state index in [1.54, 1.807) is 0 Å². The van der Waals surface area contributed by atoms with Gasteiger partial charge in [0.25, 0.3) is 5.92 Å². The Kier molecular flexibility index (Phi) is 3.74. The monoisotopic (exact) mass is 293 g/mol. The van der Waals surface area contributed by atoms with E-state index in [-0.39, 0.29) is 12.2 Å². The molecule has 0 bridgehead atoms. The SMILES string of the molecule is CC(F)(F)COc1ccc(C2COC(=O)N2)c(F)c1F. The number of hydrogen-bond acceptors (Lipinski definition) is 3. The van der Waals surface area contributed by atoms with Gasteiger partial charge in [-0.3, -0.25) is 0 Å². The van der Waals surface area contributed by atoms with Crippen LogP contribution in [0, 0.1) is 11.6 Å². The molecule has 4 nitrogen and oxygen atoms in total. The van der Waals surface area contributed by atoms with Gasteiger partial charge in [-0.05, 0) is 12.1 Å². The standard InChI is InChI=1S/C12H11F4NO3/c1-12(15,16)5-20-8-3-2-6(9(13)10(8)14)7-4-19-11(18)17-7/h2-3,7H,4-5H2,1H3,(H,17,18). The highest BCUT2D eigenvalue weighted by Gasteiger charge is 2.29. The van der Waals surface area contributed by atoms with Crippen molar-refractivity contribution in [1.29, 1.82) is 0 Å². The van der Waals surface area contributed by atoms with Crippen molar-refractivity contribution >= 4 is 6.09 Å². The summed E-state index contributed by atoms with van der Waals surface area (Å²) in [7, 11) is 0. The summed E-state index contributed by atoms with van der Waals surface area (Å²) < 4.78 is 61.8. The van der Waals surface area contributed by atoms with Crippen molar-refractivity contribution in [3.05, 3.63) is 29.3 Å². The first-order valence-electron chi connectivity index (χ1n) is 5.70. The van der Waals surface area contributed by atoms with Gasteiger partial charge in [-0.1, -0.05) is 0 Å². The van der Waals surface area contributed by atoms with E-state index < -0.39 is 42.0 Å². The van der Waals surface area contributed by atoms with Gasteiger partial charge in [-0.25, -0.2) is 18.0 Å². The van der Waals surface area contributed by atoms with Gasteiger partial charge in [0.1, 0.15) is 6.61 Å². The van der Waals surface area contributed by atoms with Gasteiger partial charge in [-0.15, -0.1) is 0 Å². The number of ether oxygens (including phenoxy) is 2. The second-order valence-corrected chi connectivity index (χ2v) is 4.44. The molecule has 0 aromatic heterocycles. The number of carbonyl (C=O) groups is 1. The molecule has 1 unspecified atom stereocenters. The molecule has 20 heavy (non-hydrogen) atoms. The van der Waals surface area contributed by atoms with Crippen molar-refractivity contribution in [1.82, 2.24) is 5.32 Å². The molecule has 0 saturated carbocycles. The average molecular weight is 293 g/mol. The molecule has 110 valence electrons. The van der Waals surface area contributed by atoms with E-state index in [1.165, 1.54) is 0 Å². The van der Waals surface area contributed by atoms with Crippen molar-refractivity contribution in [2.24, 2.45) is 0 Å². The van der Waals surface area contributed by atoms with E-state index in [0.717, 1.165) is 12.1 Å². The second kappa shape index (κ2) is 5.18. The summed E-state index contributed by atoms with van der Waals surface area (Å²) in [6.45, 7) is -0.602. The number of amides is 1. The Morgan fingerprint density at radius 1 is 1.40 bits per heavy atom. The number of alkyl halides is 2. The Morgan fingerprint density at radius 3 is 2.65 bits per heavy atom. The number of hydrogen-bond donors (Lipinski definition) is 1. The predicted molar refractivity (Wildman–Crippen MR) is 59.7 cm³/mol. The van der Waals surface area contributed by atoms with Crippen LogP contribution >= 0.6 is 0 Å². The lowest BCUT2D eigenvalue weighted by atomic mass is 10.1. The third-order valence-electron chi connectivity index (χ3n) is 2.61. The van der Waals surface area contributed by atoms with Gasteiger partial charge in [0, 0.05) is 12.5 Å². The van der Waals surface area contributed by atoms with Crippen LogP contribution in [0.25, 0.3) is 0 Å². The Bertz CT molecular complexity index is 530. The van der Waals surface area contributed by atoms with Crippen LogP contribution in [0.1, 0.15) is 18.5 Å². The summed E-state index contributed by atoms with van der Waals surface area (Å²) in [6.07, 6.45) is -0.735. The van der Waals surface area contributed by atoms with E-state index in [1.807, 2.05) is 0 Å². The summed E-state index contributed by atoms with van der Waals surface area (Å²) in [5.41, 5.74) is -0.135. The first kappa shape index (κ1) is 14.4. The topological polar surface area (TPSA) is 47.6 Å². The molecule has 1 heterocycles. The average Bonchev–Trinajstić information content (AvgIpc) is 2.76. The minimum Gasteiger partial charge on any atom is -0.484 e. The highest BCUT2D eigenvalue weighted by Crippen LogP contribution is 2.29. The Morgan fingerprint density at radius 2 is 2.10 bits per heavy atom. The number of rotatable bonds is 4. The Hall–Kier alpha value is -1.99. The summed E-state index contributed by atoms with van der Waals surface area (Å²) >= 11 is 0. The molecule has 1 aromatic rings. The molecule has 1 aromatic carbocycles. The largest absolute Gasteiger partial charge is 0.484 e. The normalized spacial score (nSPS) is 18.6. The third-order valence-corrected chi connectivity index (χ3v) is 2.61. The maximum Gasteiger partial charge on any atom is 0.407 e. The molecule has 0 spiro atoms. The number of cyclic esters (lactones) is 1. The van der Waals surface area contributed by atoms with E-state index in [0.29, 0.717) is 6.92 Å². The summed E-state index contributed by atoms with van der Waals surface area (Å²) in [6, 6.07) is 1.36. The van der Waals surface area contributed by atoms with Crippen LogP contribution in [0.5, 0.6) is 5.75 Å². The zero-order chi connectivity index (χ0) is 14.9. The van der Waals surface area contributed by atoms with Crippen molar-refractivity contribution in [2.75, 3.05) is 13.2 Å². The third kappa shape index (κ3) is 3.12. The van der Waals surface area contributed by atoms with Gasteiger partial charge in [0.05, 0.1) is 6.04 Å². The molecular weight excluding hydrogens is 282 g/mol. The number of alkyl carbamates (subject to hydrolysis) is 1. The number of benzene rings is 1. The summed E-state index contributed by atoms with van der Waals surface area (Å²) in [5.74, 6) is -6.42. The summed E-state index contributed by atoms with van der Waals surface area (Å²) in [5, 5.41) is 2.29. The van der Waals surface area contributed by atoms with Crippen molar-refractivity contribution < 1.29 is 31.8 Å². The van der Waals surface area contributed by atoms with E-state index in [4.69, 9.17) is 0 Å². The lowest BCUT2D eigenvalue weighted by Crippen LogP contribution is -2.22. The number of carbonyl (C=O) groups excluding carboxylic acids is 1. The first-order valence-corrected chi connectivity index (χ1v) is 5.70. The lowest BCUT2D eigenvalue weighted by molar-refractivity contribution is -0.0241. The van der Waals surface area contributed by atoms with Gasteiger partial charge < -0.3 is 14.8 Å². The molecule has 1 amide bonds. The lowest BCUT2D eigenvalue weighted by Gasteiger charge is -2.15. The zero-order valence-corrected chi connectivity index (χ0v) is 10.4. The van der Waals surface area contributed by atoms with Gasteiger partial charge in [0.2, 0.25) is 5.82 Å². The highest BCUT2D eigenvalue weighted by atomic mass is 19.3. The van der Waals surface area contributed by atoms with Crippen molar-refractivity contribution in [3.63, 3.8) is 0 Å². The van der Waals surface area contributed by atoms with Crippen LogP contribution in [0.15, 0.2) is 12.1 Å². The molecule has 0 radical (unpaired) electrons. The van der Waals surface area contributed by atoms with Crippen LogP contribution in [0.2, 0.25) is 0 Å². The fraction of sp³-hybridized carbons (Fsp3) is 0.417. The van der Waals surface area contributed by atoms with Crippen molar-refractivity contribution in [2.45, 2.75) is 18.9 Å². The van der Waals surface area contributed by atoms with Crippen LogP contribution in [-0.4, -0.2) is 25.2 Å². The number of halogens is 4. The van der Waals surface area contributed by atoms with Gasteiger partial charge >= 0.3 is 6.09 Å². The quantitative estimate of drug-likeness (QED) is 0.868. The molecule has 1 saturated heterocycles. The fourth-order valence-electron chi connectivity index (χ4n) is 1.68. The Balaban J connectivity index is 2.18. The fourth-order valence-corrected chi connectivity index (χ4v) is 1.68. The molecule has 1 atom stereocenters. The molecular formula is C12H11F4NO3. The van der Waals surface area contributed by atoms with Gasteiger partial charge in [0.15, 0.2) is 18.2 Å². The maximum absolute atomic E-state index is 13.8. The van der Waals surface area contributed by atoms with Gasteiger partial charge in [-0.2, -0.15) is 4.39 Å². The molecule has 8 heteroatoms. The molecule has 1 aliphatic heterocycles. The minimum absolute atomic E-state index is 0.135. The predicted octanol–water partition coefficient (Wildman–Crippen LogP) is 2.78. The maximum atomic E-state index is 13.8.